The second-order valence-electron chi connectivity index (χ2n) is 14.2. The number of benzene rings is 8. The Morgan fingerprint density at radius 1 is 0.412 bits per heavy atom. The van der Waals surface area contributed by atoms with E-state index < -0.39 is 0 Å². The van der Waals surface area contributed by atoms with Gasteiger partial charge >= 0.3 is 0 Å². The molecule has 0 radical (unpaired) electrons. The minimum Gasteiger partial charge on any atom is -0.310 e. The maximum atomic E-state index is 2.43. The summed E-state index contributed by atoms with van der Waals surface area (Å²) in [5.41, 5.74) is 14.7. The number of hydrogen-bond donors (Lipinski definition) is 0. The van der Waals surface area contributed by atoms with Gasteiger partial charge in [-0.25, -0.2) is 0 Å². The van der Waals surface area contributed by atoms with Crippen LogP contribution >= 0.6 is 0 Å². The van der Waals surface area contributed by atoms with Gasteiger partial charge in [-0.3, -0.25) is 0 Å². The van der Waals surface area contributed by atoms with Crippen LogP contribution in [-0.2, 0) is 5.41 Å². The van der Waals surface area contributed by atoms with Crippen molar-refractivity contribution < 1.29 is 0 Å². The highest BCUT2D eigenvalue weighted by Gasteiger charge is 2.36. The van der Waals surface area contributed by atoms with E-state index in [9.17, 15) is 0 Å². The zero-order valence-electron chi connectivity index (χ0n) is 28.7. The fourth-order valence-corrected chi connectivity index (χ4v) is 8.38. The highest BCUT2D eigenvalue weighted by atomic mass is 15.1. The van der Waals surface area contributed by atoms with E-state index in [0.29, 0.717) is 0 Å². The van der Waals surface area contributed by atoms with Crippen molar-refractivity contribution in [1.82, 2.24) is 4.57 Å². The molecule has 0 saturated carbocycles. The van der Waals surface area contributed by atoms with Gasteiger partial charge < -0.3 is 9.47 Å². The molecule has 0 spiro atoms. The summed E-state index contributed by atoms with van der Waals surface area (Å²) in [6.45, 7) is 4.75. The summed E-state index contributed by atoms with van der Waals surface area (Å²) in [7, 11) is 0. The second kappa shape index (κ2) is 11.3. The average molecular weight is 653 g/mol. The average Bonchev–Trinajstić information content (AvgIpc) is 3.62. The topological polar surface area (TPSA) is 8.17 Å². The molecule has 0 N–H and O–H groups in total. The highest BCUT2D eigenvalue weighted by molar-refractivity contribution is 6.10. The van der Waals surface area contributed by atoms with Crippen molar-refractivity contribution in [3.8, 4) is 27.9 Å². The number of fused-ring (bicyclic) bond motifs is 7. The minimum absolute atomic E-state index is 0.138. The summed E-state index contributed by atoms with van der Waals surface area (Å²) in [5.74, 6) is 0. The number of para-hydroxylation sites is 2. The van der Waals surface area contributed by atoms with E-state index in [1.165, 1.54) is 66.0 Å². The molecule has 0 bridgehead atoms. The van der Waals surface area contributed by atoms with Crippen molar-refractivity contribution in [2.75, 3.05) is 4.90 Å². The molecule has 0 amide bonds. The quantitative estimate of drug-likeness (QED) is 0.180. The van der Waals surface area contributed by atoms with Crippen LogP contribution in [0.4, 0.5) is 17.1 Å². The summed E-state index contributed by atoms with van der Waals surface area (Å²) >= 11 is 0. The van der Waals surface area contributed by atoms with Crippen molar-refractivity contribution >= 4 is 49.6 Å². The Morgan fingerprint density at radius 3 is 1.76 bits per heavy atom. The molecule has 51 heavy (non-hydrogen) atoms. The van der Waals surface area contributed by atoms with Gasteiger partial charge in [0.2, 0.25) is 0 Å². The molecule has 1 aliphatic carbocycles. The van der Waals surface area contributed by atoms with Crippen LogP contribution in [0.5, 0.6) is 0 Å². The number of hydrogen-bond acceptors (Lipinski definition) is 1. The predicted octanol–water partition coefficient (Wildman–Crippen LogP) is 13.4. The molecular formula is C49H36N2. The number of anilines is 3. The monoisotopic (exact) mass is 652 g/mol. The third-order valence-electron chi connectivity index (χ3n) is 10.9. The molecular weight excluding hydrogens is 617 g/mol. The highest BCUT2D eigenvalue weighted by Crippen LogP contribution is 2.52. The molecule has 8 aromatic carbocycles. The molecule has 0 aliphatic heterocycles. The third-order valence-corrected chi connectivity index (χ3v) is 10.9. The van der Waals surface area contributed by atoms with Crippen LogP contribution in [-0.4, -0.2) is 4.57 Å². The maximum Gasteiger partial charge on any atom is 0.0542 e. The van der Waals surface area contributed by atoms with Crippen molar-refractivity contribution in [1.29, 1.82) is 0 Å². The molecule has 2 nitrogen and oxygen atoms in total. The first kappa shape index (κ1) is 29.5. The summed E-state index contributed by atoms with van der Waals surface area (Å²) in [4.78, 5) is 2.43. The Kier molecular flexibility index (Phi) is 6.56. The molecule has 1 aromatic heterocycles. The van der Waals surface area contributed by atoms with Gasteiger partial charge in [-0.2, -0.15) is 0 Å². The van der Waals surface area contributed by atoms with Crippen molar-refractivity contribution in [3.63, 3.8) is 0 Å². The van der Waals surface area contributed by atoms with Crippen LogP contribution in [0.3, 0.4) is 0 Å². The summed E-state index contributed by atoms with van der Waals surface area (Å²) < 4.78 is 2.38. The molecule has 10 rings (SSSR count). The van der Waals surface area contributed by atoms with E-state index in [2.05, 4.69) is 205 Å². The van der Waals surface area contributed by atoms with Crippen molar-refractivity contribution in [3.05, 3.63) is 193 Å². The van der Waals surface area contributed by atoms with E-state index in [4.69, 9.17) is 0 Å². The first-order chi connectivity index (χ1) is 25.0. The van der Waals surface area contributed by atoms with Crippen LogP contribution in [0.25, 0.3) is 60.5 Å². The molecule has 0 unspecified atom stereocenters. The van der Waals surface area contributed by atoms with Gasteiger partial charge in [-0.15, -0.1) is 0 Å². The van der Waals surface area contributed by atoms with E-state index in [1.807, 2.05) is 0 Å². The molecule has 1 aliphatic rings. The maximum absolute atomic E-state index is 2.43. The molecule has 0 fully saturated rings. The Balaban J connectivity index is 1.17. The Labute approximate surface area is 298 Å². The van der Waals surface area contributed by atoms with Crippen molar-refractivity contribution in [2.24, 2.45) is 0 Å². The van der Waals surface area contributed by atoms with Gasteiger partial charge in [0.05, 0.1) is 11.0 Å². The molecule has 242 valence electrons. The lowest BCUT2D eigenvalue weighted by atomic mass is 9.81. The van der Waals surface area contributed by atoms with Crippen LogP contribution in [0.1, 0.15) is 25.0 Å². The SMILES string of the molecule is CC1(C)c2cc(N(c3ccc(-c4ccccc4)cc3)c3ccc4c(c3)c3ccccc3n4-c3ccccc3)ccc2-c2cc3ccccc3cc21. The lowest BCUT2D eigenvalue weighted by Crippen LogP contribution is -2.16. The van der Waals surface area contributed by atoms with E-state index in [0.717, 1.165) is 22.7 Å². The smallest absolute Gasteiger partial charge is 0.0542 e. The van der Waals surface area contributed by atoms with Gasteiger partial charge in [0.15, 0.2) is 0 Å². The number of aromatic nitrogens is 1. The zero-order valence-corrected chi connectivity index (χ0v) is 28.7. The summed E-state index contributed by atoms with van der Waals surface area (Å²) in [5, 5.41) is 5.06. The molecule has 0 saturated heterocycles. The van der Waals surface area contributed by atoms with Crippen LogP contribution in [0.2, 0.25) is 0 Å². The Morgan fingerprint density at radius 2 is 0.980 bits per heavy atom. The molecule has 9 aromatic rings. The third kappa shape index (κ3) is 4.64. The fourth-order valence-electron chi connectivity index (χ4n) is 8.38. The van der Waals surface area contributed by atoms with Crippen molar-refractivity contribution in [2.45, 2.75) is 19.3 Å². The predicted molar refractivity (Wildman–Crippen MR) is 216 cm³/mol. The second-order valence-corrected chi connectivity index (χ2v) is 14.2. The minimum atomic E-state index is -0.138. The van der Waals surface area contributed by atoms with Gasteiger partial charge in [0, 0.05) is 38.9 Å². The fraction of sp³-hybridized carbons (Fsp3) is 0.0612. The van der Waals surface area contributed by atoms with Crippen LogP contribution < -0.4 is 4.90 Å². The van der Waals surface area contributed by atoms with Gasteiger partial charge in [0.25, 0.3) is 0 Å². The van der Waals surface area contributed by atoms with Gasteiger partial charge in [0.1, 0.15) is 0 Å². The summed E-state index contributed by atoms with van der Waals surface area (Å²) in [6.07, 6.45) is 0. The normalized spacial score (nSPS) is 13.1. The first-order valence-corrected chi connectivity index (χ1v) is 17.8. The number of nitrogens with zero attached hydrogens (tertiary/aromatic N) is 2. The molecule has 2 heteroatoms. The molecule has 0 atom stereocenters. The van der Waals surface area contributed by atoms with Gasteiger partial charge in [-0.05, 0) is 117 Å². The first-order valence-electron chi connectivity index (χ1n) is 17.8. The van der Waals surface area contributed by atoms with E-state index in [-0.39, 0.29) is 5.41 Å². The van der Waals surface area contributed by atoms with Gasteiger partial charge in [-0.1, -0.05) is 123 Å². The van der Waals surface area contributed by atoms with Crippen LogP contribution in [0, 0.1) is 0 Å². The Bertz CT molecular complexity index is 2750. The number of rotatable bonds is 5. The van der Waals surface area contributed by atoms with E-state index >= 15 is 0 Å². The van der Waals surface area contributed by atoms with E-state index in [1.54, 1.807) is 0 Å². The van der Waals surface area contributed by atoms with Crippen LogP contribution in [0.15, 0.2) is 182 Å². The molecule has 1 heterocycles. The largest absolute Gasteiger partial charge is 0.310 e. The standard InChI is InChI=1S/C49H36N2/c1-49(2)45-30-36-16-10-9-15-35(36)29-43(45)41-27-25-40(32-46(41)49)50(38-23-21-34(22-24-38)33-13-5-3-6-14-33)39-26-28-48-44(31-39)42-19-11-12-20-47(42)51(48)37-17-7-4-8-18-37/h3-32H,1-2H3. The zero-order chi connectivity index (χ0) is 34.1. The Hall–Kier alpha value is -6.38. The lowest BCUT2D eigenvalue weighted by molar-refractivity contribution is 0.661. The lowest BCUT2D eigenvalue weighted by Gasteiger charge is -2.28. The summed E-state index contributed by atoms with van der Waals surface area (Å²) in [6, 6.07) is 66.6.